The van der Waals surface area contributed by atoms with E-state index in [1.54, 1.807) is 11.8 Å². The zero-order chi connectivity index (χ0) is 14.2. The van der Waals surface area contributed by atoms with Crippen molar-refractivity contribution in [3.63, 3.8) is 0 Å². The Morgan fingerprint density at radius 2 is 2.15 bits per heavy atom. The van der Waals surface area contributed by atoms with Crippen LogP contribution in [0.15, 0.2) is 39.8 Å². The number of nitrogens with one attached hydrogen (secondary N) is 1. The zero-order valence-electron chi connectivity index (χ0n) is 11.0. The number of rotatable bonds is 7. The SMILES string of the molecule is CSc1nsc(SCCC(=O)NCc2ccccc2)n1. The lowest BCUT2D eigenvalue weighted by Gasteiger charge is -2.04. The Bertz CT molecular complexity index is 545. The van der Waals surface area contributed by atoms with E-state index >= 15 is 0 Å². The van der Waals surface area contributed by atoms with Gasteiger partial charge in [-0.3, -0.25) is 4.79 Å². The summed E-state index contributed by atoms with van der Waals surface area (Å²) in [5.74, 6) is 0.792. The van der Waals surface area contributed by atoms with Gasteiger partial charge in [0.25, 0.3) is 0 Å². The zero-order valence-corrected chi connectivity index (χ0v) is 13.5. The molecular weight excluding hydrogens is 310 g/mol. The van der Waals surface area contributed by atoms with E-state index < -0.39 is 0 Å². The number of amides is 1. The van der Waals surface area contributed by atoms with E-state index in [0.717, 1.165) is 20.8 Å². The molecular formula is C13H15N3OS3. The molecule has 0 saturated heterocycles. The molecule has 7 heteroatoms. The Morgan fingerprint density at radius 3 is 2.85 bits per heavy atom. The molecule has 0 radical (unpaired) electrons. The van der Waals surface area contributed by atoms with Gasteiger partial charge in [-0.2, -0.15) is 4.37 Å². The predicted molar refractivity (Wildman–Crippen MR) is 85.3 cm³/mol. The van der Waals surface area contributed by atoms with Crippen molar-refractivity contribution in [1.29, 1.82) is 0 Å². The minimum absolute atomic E-state index is 0.0657. The molecule has 0 bridgehead atoms. The number of carbonyl (C=O) groups excluding carboxylic acids is 1. The van der Waals surface area contributed by atoms with Gasteiger partial charge in [0.1, 0.15) is 0 Å². The first-order valence-electron chi connectivity index (χ1n) is 6.09. The van der Waals surface area contributed by atoms with E-state index in [0.29, 0.717) is 13.0 Å². The Hall–Kier alpha value is -1.05. The third kappa shape index (κ3) is 5.15. The smallest absolute Gasteiger partial charge is 0.221 e. The second kappa shape index (κ2) is 8.28. The molecule has 2 rings (SSSR count). The van der Waals surface area contributed by atoms with E-state index in [4.69, 9.17) is 0 Å². The Balaban J connectivity index is 1.65. The van der Waals surface area contributed by atoms with Gasteiger partial charge in [-0.1, -0.05) is 53.9 Å². The van der Waals surface area contributed by atoms with Crippen LogP contribution < -0.4 is 5.32 Å². The fourth-order valence-electron chi connectivity index (χ4n) is 1.45. The highest BCUT2D eigenvalue weighted by atomic mass is 32.2. The second-order valence-corrected chi connectivity index (χ2v) is 6.78. The normalized spacial score (nSPS) is 10.4. The molecule has 0 aliphatic rings. The largest absolute Gasteiger partial charge is 0.352 e. The molecule has 1 aromatic carbocycles. The lowest BCUT2D eigenvalue weighted by molar-refractivity contribution is -0.120. The molecule has 106 valence electrons. The summed E-state index contributed by atoms with van der Waals surface area (Å²) in [4.78, 5) is 16.0. The number of hydrogen-bond acceptors (Lipinski definition) is 6. The van der Waals surface area contributed by atoms with Gasteiger partial charge in [0.15, 0.2) is 4.34 Å². The predicted octanol–water partition coefficient (Wildman–Crippen LogP) is 3.06. The van der Waals surface area contributed by atoms with Crippen LogP contribution in [0.2, 0.25) is 0 Å². The third-order valence-electron chi connectivity index (χ3n) is 2.46. The molecule has 20 heavy (non-hydrogen) atoms. The molecule has 0 unspecified atom stereocenters. The van der Waals surface area contributed by atoms with E-state index in [1.807, 2.05) is 36.6 Å². The summed E-state index contributed by atoms with van der Waals surface area (Å²) < 4.78 is 5.10. The third-order valence-corrected chi connectivity index (χ3v) is 4.96. The molecule has 0 fully saturated rings. The standard InChI is InChI=1S/C13H15N3OS3/c1-18-12-15-13(20-16-12)19-8-7-11(17)14-9-10-5-3-2-4-6-10/h2-6H,7-9H2,1H3,(H,14,17). The maximum Gasteiger partial charge on any atom is 0.221 e. The van der Waals surface area contributed by atoms with Crippen LogP contribution in [0.5, 0.6) is 0 Å². The monoisotopic (exact) mass is 325 g/mol. The van der Waals surface area contributed by atoms with Gasteiger partial charge in [0.2, 0.25) is 11.1 Å². The number of nitrogens with zero attached hydrogens (tertiary/aromatic N) is 2. The van der Waals surface area contributed by atoms with E-state index in [1.165, 1.54) is 23.3 Å². The lowest BCUT2D eigenvalue weighted by Crippen LogP contribution is -2.22. The summed E-state index contributed by atoms with van der Waals surface area (Å²) in [6.07, 6.45) is 2.44. The van der Waals surface area contributed by atoms with Gasteiger partial charge >= 0.3 is 0 Å². The van der Waals surface area contributed by atoms with Crippen LogP contribution in [0.3, 0.4) is 0 Å². The highest BCUT2D eigenvalue weighted by molar-refractivity contribution is 8.01. The highest BCUT2D eigenvalue weighted by Crippen LogP contribution is 2.23. The molecule has 4 nitrogen and oxygen atoms in total. The Labute approximate surface area is 130 Å². The molecule has 0 saturated carbocycles. The number of thioether (sulfide) groups is 2. The van der Waals surface area contributed by atoms with Crippen molar-refractivity contribution in [2.45, 2.75) is 22.5 Å². The van der Waals surface area contributed by atoms with Gasteiger partial charge in [0.05, 0.1) is 0 Å². The average Bonchev–Trinajstić information content (AvgIpc) is 2.94. The highest BCUT2D eigenvalue weighted by Gasteiger charge is 2.06. The molecule has 1 amide bonds. The molecule has 1 heterocycles. The van der Waals surface area contributed by atoms with Gasteiger partial charge in [-0.05, 0) is 23.4 Å². The molecule has 2 aromatic rings. The van der Waals surface area contributed by atoms with Crippen LogP contribution in [0, 0.1) is 0 Å². The van der Waals surface area contributed by atoms with E-state index in [2.05, 4.69) is 14.7 Å². The Kier molecular flexibility index (Phi) is 6.35. The van der Waals surface area contributed by atoms with E-state index in [-0.39, 0.29) is 5.91 Å². The Morgan fingerprint density at radius 1 is 1.35 bits per heavy atom. The maximum absolute atomic E-state index is 11.7. The summed E-state index contributed by atoms with van der Waals surface area (Å²) in [5, 5.41) is 3.71. The number of hydrogen-bond donors (Lipinski definition) is 1. The lowest BCUT2D eigenvalue weighted by atomic mass is 10.2. The number of carbonyl (C=O) groups is 1. The average molecular weight is 325 g/mol. The van der Waals surface area contributed by atoms with Gasteiger partial charge in [0, 0.05) is 18.7 Å². The van der Waals surface area contributed by atoms with Crippen molar-refractivity contribution >= 4 is 41.0 Å². The van der Waals surface area contributed by atoms with Crippen molar-refractivity contribution in [3.05, 3.63) is 35.9 Å². The van der Waals surface area contributed by atoms with E-state index in [9.17, 15) is 4.79 Å². The van der Waals surface area contributed by atoms with Crippen molar-refractivity contribution in [3.8, 4) is 0 Å². The first kappa shape index (κ1) is 15.3. The fourth-order valence-corrected chi connectivity index (χ4v) is 3.67. The van der Waals surface area contributed by atoms with Gasteiger partial charge in [-0.15, -0.1) is 0 Å². The number of aromatic nitrogens is 2. The molecule has 0 aliphatic carbocycles. The molecule has 1 N–H and O–H groups in total. The van der Waals surface area contributed by atoms with Crippen LogP contribution >= 0.6 is 35.1 Å². The molecule has 0 atom stereocenters. The molecule has 0 aliphatic heterocycles. The van der Waals surface area contributed by atoms with Crippen molar-refractivity contribution < 1.29 is 4.79 Å². The first-order valence-corrected chi connectivity index (χ1v) is 9.07. The van der Waals surface area contributed by atoms with Crippen molar-refractivity contribution in [2.75, 3.05) is 12.0 Å². The molecule has 0 spiro atoms. The summed E-state index contributed by atoms with van der Waals surface area (Å²) in [5.41, 5.74) is 1.11. The summed E-state index contributed by atoms with van der Waals surface area (Å²) in [6, 6.07) is 9.90. The van der Waals surface area contributed by atoms with Crippen molar-refractivity contribution in [1.82, 2.24) is 14.7 Å². The quantitative estimate of drug-likeness (QED) is 0.793. The van der Waals surface area contributed by atoms with Gasteiger partial charge < -0.3 is 5.32 Å². The van der Waals surface area contributed by atoms with Crippen LogP contribution in [0.1, 0.15) is 12.0 Å². The summed E-state index contributed by atoms with van der Waals surface area (Å²) in [7, 11) is 0. The molecule has 1 aromatic heterocycles. The first-order chi connectivity index (χ1) is 9.78. The topological polar surface area (TPSA) is 54.9 Å². The van der Waals surface area contributed by atoms with Crippen LogP contribution in [-0.4, -0.2) is 27.3 Å². The minimum Gasteiger partial charge on any atom is -0.352 e. The second-order valence-electron chi connectivity index (χ2n) is 3.91. The maximum atomic E-state index is 11.7. The van der Waals surface area contributed by atoms with Crippen molar-refractivity contribution in [2.24, 2.45) is 0 Å². The summed E-state index contributed by atoms with van der Waals surface area (Å²) >= 11 is 4.49. The fraction of sp³-hybridized carbons (Fsp3) is 0.308. The number of benzene rings is 1. The summed E-state index contributed by atoms with van der Waals surface area (Å²) in [6.45, 7) is 0.583. The van der Waals surface area contributed by atoms with Crippen LogP contribution in [0.4, 0.5) is 0 Å². The minimum atomic E-state index is 0.0657. The van der Waals surface area contributed by atoms with Crippen LogP contribution in [-0.2, 0) is 11.3 Å². The van der Waals surface area contributed by atoms with Crippen LogP contribution in [0.25, 0.3) is 0 Å². The van der Waals surface area contributed by atoms with Gasteiger partial charge in [-0.25, -0.2) is 4.98 Å².